The van der Waals surface area contributed by atoms with Crippen LogP contribution in [0.25, 0.3) is 5.70 Å². The highest BCUT2D eigenvalue weighted by atomic mass is 16.1. The Morgan fingerprint density at radius 2 is 2.42 bits per heavy atom. The summed E-state index contributed by atoms with van der Waals surface area (Å²) in [4.78, 5) is 14.5. The van der Waals surface area contributed by atoms with Crippen molar-refractivity contribution < 1.29 is 4.79 Å². The van der Waals surface area contributed by atoms with Crippen LogP contribution in [0.2, 0.25) is 0 Å². The summed E-state index contributed by atoms with van der Waals surface area (Å²) >= 11 is 0. The van der Waals surface area contributed by atoms with Crippen LogP contribution in [0, 0.1) is 0 Å². The number of carbonyl (C=O) groups is 1. The first-order valence-corrected chi connectivity index (χ1v) is 3.57. The van der Waals surface area contributed by atoms with Gasteiger partial charge in [-0.25, -0.2) is 0 Å². The first-order chi connectivity index (χ1) is 5.70. The van der Waals surface area contributed by atoms with Gasteiger partial charge in [0.05, 0.1) is 0 Å². The van der Waals surface area contributed by atoms with E-state index in [4.69, 9.17) is 0 Å². The summed E-state index contributed by atoms with van der Waals surface area (Å²) in [6.45, 7) is 5.14. The van der Waals surface area contributed by atoms with E-state index in [1.165, 1.54) is 6.92 Å². The summed E-state index contributed by atoms with van der Waals surface area (Å²) in [6.07, 6.45) is 3.32. The van der Waals surface area contributed by atoms with Crippen molar-refractivity contribution >= 4 is 11.6 Å². The third kappa shape index (κ3) is 2.20. The maximum Gasteiger partial charge on any atom is 0.221 e. The molecule has 0 bridgehead atoms. The molecule has 0 spiro atoms. The molecule has 12 heavy (non-hydrogen) atoms. The van der Waals surface area contributed by atoms with Crippen LogP contribution in [-0.2, 0) is 4.79 Å². The van der Waals surface area contributed by atoms with Gasteiger partial charge in [-0.3, -0.25) is 9.78 Å². The van der Waals surface area contributed by atoms with Crippen LogP contribution in [0.3, 0.4) is 0 Å². The summed E-state index contributed by atoms with van der Waals surface area (Å²) in [5.74, 6) is -0.121. The Bertz CT molecular complexity index is 293. The third-order valence-corrected chi connectivity index (χ3v) is 1.34. The van der Waals surface area contributed by atoms with Crippen LogP contribution in [0.15, 0.2) is 31.1 Å². The largest absolute Gasteiger partial charge is 0.326 e. The Hall–Kier alpha value is -1.64. The summed E-state index contributed by atoms with van der Waals surface area (Å²) < 4.78 is 0. The predicted molar refractivity (Wildman–Crippen MR) is 47.1 cm³/mol. The van der Waals surface area contributed by atoms with Crippen molar-refractivity contribution in [3.63, 3.8) is 0 Å². The van der Waals surface area contributed by atoms with E-state index in [2.05, 4.69) is 16.9 Å². The van der Waals surface area contributed by atoms with E-state index in [-0.39, 0.29) is 5.91 Å². The van der Waals surface area contributed by atoms with Gasteiger partial charge in [-0.2, -0.15) is 0 Å². The zero-order valence-corrected chi connectivity index (χ0v) is 6.87. The Morgan fingerprint density at radius 1 is 1.67 bits per heavy atom. The molecule has 0 saturated heterocycles. The molecule has 1 N–H and O–H groups in total. The fourth-order valence-electron chi connectivity index (χ4n) is 0.826. The SMILES string of the molecule is C=C(NC(C)=O)c1cccnc1. The number of hydrogen-bond donors (Lipinski definition) is 1. The number of nitrogens with one attached hydrogen (secondary N) is 1. The van der Waals surface area contributed by atoms with Crippen molar-refractivity contribution in [3.05, 3.63) is 36.7 Å². The van der Waals surface area contributed by atoms with Gasteiger partial charge in [-0.15, -0.1) is 0 Å². The molecule has 1 heterocycles. The Labute approximate surface area is 71.1 Å². The van der Waals surface area contributed by atoms with Crippen LogP contribution in [-0.4, -0.2) is 10.9 Å². The lowest BCUT2D eigenvalue weighted by Crippen LogP contribution is -2.17. The van der Waals surface area contributed by atoms with Crippen molar-refractivity contribution in [2.45, 2.75) is 6.92 Å². The number of hydrogen-bond acceptors (Lipinski definition) is 2. The molecular formula is C9H10N2O. The normalized spacial score (nSPS) is 9.08. The highest BCUT2D eigenvalue weighted by molar-refractivity contribution is 5.83. The van der Waals surface area contributed by atoms with E-state index in [1.54, 1.807) is 18.5 Å². The molecular weight excluding hydrogens is 152 g/mol. The highest BCUT2D eigenvalue weighted by Gasteiger charge is 1.98. The molecule has 0 aliphatic heterocycles. The van der Waals surface area contributed by atoms with Crippen LogP contribution < -0.4 is 5.32 Å². The number of pyridine rings is 1. The fraction of sp³-hybridized carbons (Fsp3) is 0.111. The zero-order chi connectivity index (χ0) is 8.97. The molecule has 62 valence electrons. The third-order valence-electron chi connectivity index (χ3n) is 1.34. The topological polar surface area (TPSA) is 42.0 Å². The standard InChI is InChI=1S/C9H10N2O/c1-7(11-8(2)12)9-4-3-5-10-6-9/h3-6H,1H2,2H3,(H,11,12). The van der Waals surface area contributed by atoms with Gasteiger partial charge in [0.1, 0.15) is 0 Å². The maximum absolute atomic E-state index is 10.6. The van der Waals surface area contributed by atoms with Crippen LogP contribution >= 0.6 is 0 Å². The summed E-state index contributed by atoms with van der Waals surface area (Å²) in [6, 6.07) is 3.63. The molecule has 0 radical (unpaired) electrons. The van der Waals surface area contributed by atoms with Gasteiger partial charge in [0.2, 0.25) is 5.91 Å². The van der Waals surface area contributed by atoms with Gasteiger partial charge in [0, 0.05) is 30.6 Å². The molecule has 0 atom stereocenters. The minimum Gasteiger partial charge on any atom is -0.326 e. The first kappa shape index (κ1) is 8.46. The average Bonchev–Trinajstić information content (AvgIpc) is 2.05. The second-order valence-corrected chi connectivity index (χ2v) is 2.40. The molecule has 3 nitrogen and oxygen atoms in total. The molecule has 0 aromatic carbocycles. The van der Waals surface area contributed by atoms with E-state index in [1.807, 2.05) is 6.07 Å². The van der Waals surface area contributed by atoms with Crippen LogP contribution in [0.1, 0.15) is 12.5 Å². The molecule has 0 fully saturated rings. The Morgan fingerprint density at radius 3 is 2.92 bits per heavy atom. The minimum absolute atomic E-state index is 0.121. The second kappa shape index (κ2) is 3.67. The van der Waals surface area contributed by atoms with E-state index >= 15 is 0 Å². The van der Waals surface area contributed by atoms with Crippen molar-refractivity contribution in [3.8, 4) is 0 Å². The Balaban J connectivity index is 2.73. The fourth-order valence-corrected chi connectivity index (χ4v) is 0.826. The van der Waals surface area contributed by atoms with E-state index < -0.39 is 0 Å². The monoisotopic (exact) mass is 162 g/mol. The minimum atomic E-state index is -0.121. The molecule has 0 aliphatic carbocycles. The lowest BCUT2D eigenvalue weighted by molar-refractivity contribution is -0.117. The predicted octanol–water partition coefficient (Wildman–Crippen LogP) is 1.19. The lowest BCUT2D eigenvalue weighted by Gasteiger charge is -2.04. The molecule has 0 aliphatic rings. The zero-order valence-electron chi connectivity index (χ0n) is 6.87. The van der Waals surface area contributed by atoms with Crippen molar-refractivity contribution in [1.29, 1.82) is 0 Å². The molecule has 1 rings (SSSR count). The van der Waals surface area contributed by atoms with Gasteiger partial charge in [0.15, 0.2) is 0 Å². The van der Waals surface area contributed by atoms with Gasteiger partial charge in [0.25, 0.3) is 0 Å². The van der Waals surface area contributed by atoms with Crippen LogP contribution in [0.5, 0.6) is 0 Å². The van der Waals surface area contributed by atoms with Gasteiger partial charge < -0.3 is 5.32 Å². The molecule has 1 aromatic heterocycles. The highest BCUT2D eigenvalue weighted by Crippen LogP contribution is 2.05. The van der Waals surface area contributed by atoms with Gasteiger partial charge >= 0.3 is 0 Å². The van der Waals surface area contributed by atoms with Gasteiger partial charge in [-0.05, 0) is 12.1 Å². The van der Waals surface area contributed by atoms with Crippen molar-refractivity contribution in [2.75, 3.05) is 0 Å². The van der Waals surface area contributed by atoms with Gasteiger partial charge in [-0.1, -0.05) is 6.58 Å². The van der Waals surface area contributed by atoms with Crippen LogP contribution in [0.4, 0.5) is 0 Å². The molecule has 1 amide bonds. The maximum atomic E-state index is 10.6. The molecule has 0 saturated carbocycles. The lowest BCUT2D eigenvalue weighted by atomic mass is 10.2. The number of carbonyl (C=O) groups excluding carboxylic acids is 1. The summed E-state index contributed by atoms with van der Waals surface area (Å²) in [5.41, 5.74) is 1.41. The summed E-state index contributed by atoms with van der Waals surface area (Å²) in [5, 5.41) is 2.59. The van der Waals surface area contributed by atoms with E-state index in [9.17, 15) is 4.79 Å². The van der Waals surface area contributed by atoms with Crippen molar-refractivity contribution in [2.24, 2.45) is 0 Å². The molecule has 1 aromatic rings. The summed E-state index contributed by atoms with van der Waals surface area (Å²) in [7, 11) is 0. The van der Waals surface area contributed by atoms with Crippen molar-refractivity contribution in [1.82, 2.24) is 10.3 Å². The first-order valence-electron chi connectivity index (χ1n) is 3.57. The number of aromatic nitrogens is 1. The average molecular weight is 162 g/mol. The number of rotatable bonds is 2. The Kier molecular flexibility index (Phi) is 2.58. The van der Waals surface area contributed by atoms with E-state index in [0.29, 0.717) is 5.70 Å². The molecule has 0 unspecified atom stereocenters. The smallest absolute Gasteiger partial charge is 0.221 e. The second-order valence-electron chi connectivity index (χ2n) is 2.40. The quantitative estimate of drug-likeness (QED) is 0.709. The number of nitrogens with zero attached hydrogens (tertiary/aromatic N) is 1. The molecule has 3 heteroatoms. The number of amides is 1. The van der Waals surface area contributed by atoms with E-state index in [0.717, 1.165) is 5.56 Å².